The van der Waals surface area contributed by atoms with E-state index in [-0.39, 0.29) is 11.5 Å². The molecule has 182 valence electrons. The van der Waals surface area contributed by atoms with E-state index in [0.29, 0.717) is 33.9 Å². The molecule has 0 saturated carbocycles. The maximum atomic E-state index is 13.2. The van der Waals surface area contributed by atoms with Crippen LogP contribution in [0.3, 0.4) is 0 Å². The number of rotatable bonds is 9. The zero-order valence-electron chi connectivity index (χ0n) is 20.0. The van der Waals surface area contributed by atoms with Crippen LogP contribution in [0, 0.1) is 20.8 Å². The highest BCUT2D eigenvalue weighted by atomic mass is 35.5. The second-order valence-electron chi connectivity index (χ2n) is 8.25. The summed E-state index contributed by atoms with van der Waals surface area (Å²) in [6.07, 6.45) is 0. The molecular formula is C26H26Cl2N4O2S. The minimum absolute atomic E-state index is 0.0211. The van der Waals surface area contributed by atoms with Gasteiger partial charge in [0.05, 0.1) is 28.9 Å². The van der Waals surface area contributed by atoms with Crippen LogP contribution in [0.1, 0.15) is 27.3 Å². The standard InChI is InChI=1S/C26H26Cl2N4O2S/c1-16-6-5-7-19(12-16)25-29-30-26(31(25)10-11-34-4)35-15-24(33)21-13-17(2)32(18(21)3)20-8-9-22(27)23(28)14-20/h5-9,12-14H,10-11,15H2,1-4H3. The fourth-order valence-electron chi connectivity index (χ4n) is 4.05. The van der Waals surface area contributed by atoms with Crippen LogP contribution < -0.4 is 0 Å². The molecule has 2 aromatic carbocycles. The van der Waals surface area contributed by atoms with Gasteiger partial charge >= 0.3 is 0 Å². The lowest BCUT2D eigenvalue weighted by Gasteiger charge is -2.11. The number of ether oxygens (including phenoxy) is 1. The van der Waals surface area contributed by atoms with E-state index in [9.17, 15) is 4.79 Å². The number of Topliss-reactive ketones (excluding diaryl/α,β-unsaturated/α-hetero) is 1. The first kappa shape index (κ1) is 25.5. The third-order valence-corrected chi connectivity index (χ3v) is 7.44. The average molecular weight is 529 g/mol. The van der Waals surface area contributed by atoms with Gasteiger partial charge in [-0.1, -0.05) is 58.7 Å². The minimum Gasteiger partial charge on any atom is -0.383 e. The number of aromatic nitrogens is 4. The Balaban J connectivity index is 1.57. The molecule has 2 aromatic heterocycles. The molecule has 2 heterocycles. The molecule has 0 aliphatic rings. The van der Waals surface area contributed by atoms with Gasteiger partial charge in [-0.3, -0.25) is 9.36 Å². The number of methoxy groups -OCH3 is 1. The van der Waals surface area contributed by atoms with Gasteiger partial charge in [-0.25, -0.2) is 0 Å². The fourth-order valence-corrected chi connectivity index (χ4v) is 5.19. The second kappa shape index (κ2) is 11.0. The fraction of sp³-hybridized carbons (Fsp3) is 0.269. The van der Waals surface area contributed by atoms with E-state index >= 15 is 0 Å². The van der Waals surface area contributed by atoms with Crippen LogP contribution in [0.2, 0.25) is 10.0 Å². The SMILES string of the molecule is COCCn1c(SCC(=O)c2cc(C)n(-c3ccc(Cl)c(Cl)c3)c2C)nnc1-c1cccc(C)c1. The van der Waals surface area contributed by atoms with Crippen LogP contribution in [0.4, 0.5) is 0 Å². The van der Waals surface area contributed by atoms with E-state index in [2.05, 4.69) is 16.3 Å². The van der Waals surface area contributed by atoms with Gasteiger partial charge < -0.3 is 9.30 Å². The molecule has 0 saturated heterocycles. The number of carbonyl (C=O) groups is 1. The molecule has 9 heteroatoms. The molecule has 35 heavy (non-hydrogen) atoms. The van der Waals surface area contributed by atoms with Crippen LogP contribution in [0.25, 0.3) is 17.1 Å². The van der Waals surface area contributed by atoms with Crippen molar-refractivity contribution in [1.29, 1.82) is 0 Å². The molecule has 6 nitrogen and oxygen atoms in total. The number of halogens is 2. The average Bonchev–Trinajstić information content (AvgIpc) is 3.37. The lowest BCUT2D eigenvalue weighted by atomic mass is 10.1. The van der Waals surface area contributed by atoms with Crippen molar-refractivity contribution in [3.8, 4) is 17.1 Å². The molecule has 0 unspecified atom stereocenters. The molecule has 0 bridgehead atoms. The van der Waals surface area contributed by atoms with E-state index < -0.39 is 0 Å². The van der Waals surface area contributed by atoms with Gasteiger partial charge in [-0.2, -0.15) is 0 Å². The molecule has 0 spiro atoms. The summed E-state index contributed by atoms with van der Waals surface area (Å²) in [6.45, 7) is 7.06. The number of hydrogen-bond donors (Lipinski definition) is 0. The highest BCUT2D eigenvalue weighted by molar-refractivity contribution is 7.99. The Labute approximate surface area is 219 Å². The summed E-state index contributed by atoms with van der Waals surface area (Å²) < 4.78 is 9.32. The highest BCUT2D eigenvalue weighted by Gasteiger charge is 2.20. The van der Waals surface area contributed by atoms with Gasteiger partial charge in [-0.05, 0) is 51.1 Å². The smallest absolute Gasteiger partial charge is 0.192 e. The molecule has 0 aliphatic heterocycles. The van der Waals surface area contributed by atoms with Crippen LogP contribution in [0.5, 0.6) is 0 Å². The summed E-state index contributed by atoms with van der Waals surface area (Å²) >= 11 is 13.7. The van der Waals surface area contributed by atoms with Crippen LogP contribution in [-0.4, -0.2) is 44.6 Å². The first-order chi connectivity index (χ1) is 16.8. The number of ketones is 1. The van der Waals surface area contributed by atoms with Crippen molar-refractivity contribution in [2.45, 2.75) is 32.5 Å². The number of aryl methyl sites for hydroxylation is 2. The van der Waals surface area contributed by atoms with Gasteiger partial charge in [-0.15, -0.1) is 10.2 Å². The molecule has 0 fully saturated rings. The molecule has 4 aromatic rings. The van der Waals surface area contributed by atoms with E-state index in [1.54, 1.807) is 19.2 Å². The van der Waals surface area contributed by atoms with Gasteiger partial charge in [0.1, 0.15) is 0 Å². The van der Waals surface area contributed by atoms with Gasteiger partial charge in [0, 0.05) is 35.3 Å². The first-order valence-electron chi connectivity index (χ1n) is 11.1. The summed E-state index contributed by atoms with van der Waals surface area (Å²) in [5.74, 6) is 1.02. The molecule has 0 N–H and O–H groups in total. The van der Waals surface area contributed by atoms with Crippen molar-refractivity contribution in [2.24, 2.45) is 0 Å². The van der Waals surface area contributed by atoms with Crippen molar-refractivity contribution < 1.29 is 9.53 Å². The van der Waals surface area contributed by atoms with Gasteiger partial charge in [0.2, 0.25) is 0 Å². The van der Waals surface area contributed by atoms with Crippen molar-refractivity contribution in [3.05, 3.63) is 81.1 Å². The number of thioether (sulfide) groups is 1. The Bertz CT molecular complexity index is 1380. The van der Waals surface area contributed by atoms with E-state index in [4.69, 9.17) is 27.9 Å². The highest BCUT2D eigenvalue weighted by Crippen LogP contribution is 2.29. The maximum Gasteiger partial charge on any atom is 0.192 e. The maximum absolute atomic E-state index is 13.2. The topological polar surface area (TPSA) is 61.9 Å². The quantitative estimate of drug-likeness (QED) is 0.181. The minimum atomic E-state index is 0.0211. The van der Waals surface area contributed by atoms with Crippen LogP contribution in [0.15, 0.2) is 53.7 Å². The Kier molecular flexibility index (Phi) is 8.02. The van der Waals surface area contributed by atoms with Crippen LogP contribution >= 0.6 is 35.0 Å². The molecule has 0 atom stereocenters. The summed E-state index contributed by atoms with van der Waals surface area (Å²) in [7, 11) is 1.66. The van der Waals surface area contributed by atoms with E-state index in [1.165, 1.54) is 11.8 Å². The zero-order valence-corrected chi connectivity index (χ0v) is 22.3. The number of nitrogens with zero attached hydrogens (tertiary/aromatic N) is 4. The lowest BCUT2D eigenvalue weighted by molar-refractivity contribution is 0.102. The Hall–Kier alpha value is -2.58. The second-order valence-corrected chi connectivity index (χ2v) is 10.0. The predicted octanol–water partition coefficient (Wildman–Crippen LogP) is 6.59. The Morgan fingerprint density at radius 1 is 1.03 bits per heavy atom. The molecule has 4 rings (SSSR count). The van der Waals surface area contributed by atoms with Crippen molar-refractivity contribution in [1.82, 2.24) is 19.3 Å². The lowest BCUT2D eigenvalue weighted by Crippen LogP contribution is -2.10. The van der Waals surface area contributed by atoms with E-state index in [1.807, 2.05) is 60.2 Å². The van der Waals surface area contributed by atoms with Crippen molar-refractivity contribution >= 4 is 40.7 Å². The third kappa shape index (κ3) is 5.48. The first-order valence-corrected chi connectivity index (χ1v) is 12.8. The molecule has 0 radical (unpaired) electrons. The molecule has 0 amide bonds. The van der Waals surface area contributed by atoms with Gasteiger partial charge in [0.15, 0.2) is 16.8 Å². The Morgan fingerprint density at radius 2 is 1.83 bits per heavy atom. The summed E-state index contributed by atoms with van der Waals surface area (Å²) in [4.78, 5) is 13.2. The monoisotopic (exact) mass is 528 g/mol. The predicted molar refractivity (Wildman–Crippen MR) is 142 cm³/mol. The third-order valence-electron chi connectivity index (χ3n) is 5.74. The zero-order chi connectivity index (χ0) is 25.1. The van der Waals surface area contributed by atoms with Gasteiger partial charge in [0.25, 0.3) is 0 Å². The molecular weight excluding hydrogens is 503 g/mol. The van der Waals surface area contributed by atoms with Crippen molar-refractivity contribution in [3.63, 3.8) is 0 Å². The number of carbonyl (C=O) groups excluding carboxylic acids is 1. The number of hydrogen-bond acceptors (Lipinski definition) is 5. The normalized spacial score (nSPS) is 11.3. The van der Waals surface area contributed by atoms with Crippen LogP contribution in [-0.2, 0) is 11.3 Å². The summed E-state index contributed by atoms with van der Waals surface area (Å²) in [6, 6.07) is 15.5. The number of benzene rings is 2. The molecule has 0 aliphatic carbocycles. The Morgan fingerprint density at radius 3 is 2.54 bits per heavy atom. The largest absolute Gasteiger partial charge is 0.383 e. The van der Waals surface area contributed by atoms with E-state index in [0.717, 1.165) is 34.0 Å². The summed E-state index contributed by atoms with van der Waals surface area (Å²) in [5.41, 5.74) is 5.46. The van der Waals surface area contributed by atoms with Crippen molar-refractivity contribution in [2.75, 3.05) is 19.5 Å². The summed E-state index contributed by atoms with van der Waals surface area (Å²) in [5, 5.41) is 10.5.